The molecule has 1 atom stereocenters. The van der Waals surface area contributed by atoms with E-state index in [1.807, 2.05) is 31.2 Å². The van der Waals surface area contributed by atoms with Gasteiger partial charge in [0.15, 0.2) is 0 Å². The first-order valence-corrected chi connectivity index (χ1v) is 7.39. The highest BCUT2D eigenvalue weighted by molar-refractivity contribution is 5.35. The van der Waals surface area contributed by atoms with Gasteiger partial charge >= 0.3 is 0 Å². The van der Waals surface area contributed by atoms with E-state index in [1.165, 1.54) is 0 Å². The summed E-state index contributed by atoms with van der Waals surface area (Å²) in [6.07, 6.45) is 1.95. The lowest BCUT2D eigenvalue weighted by Gasteiger charge is -2.32. The van der Waals surface area contributed by atoms with Gasteiger partial charge in [-0.3, -0.25) is 0 Å². The Morgan fingerprint density at radius 1 is 1.30 bits per heavy atom. The van der Waals surface area contributed by atoms with Gasteiger partial charge in [-0.15, -0.1) is 0 Å². The van der Waals surface area contributed by atoms with Crippen molar-refractivity contribution in [2.75, 3.05) is 33.4 Å². The Kier molecular flexibility index (Phi) is 5.83. The van der Waals surface area contributed by atoms with Crippen molar-refractivity contribution < 1.29 is 14.6 Å². The minimum Gasteiger partial charge on any atom is -0.493 e. The molecule has 0 aromatic heterocycles. The van der Waals surface area contributed by atoms with Crippen LogP contribution in [0.5, 0.6) is 5.75 Å². The van der Waals surface area contributed by atoms with Crippen molar-refractivity contribution in [3.05, 3.63) is 29.8 Å². The number of rotatable bonds is 6. The number of likely N-dealkylation sites (tertiary alicyclic amines) is 1. The minimum atomic E-state index is -0.503. The normalized spacial score (nSPS) is 18.9. The summed E-state index contributed by atoms with van der Waals surface area (Å²) in [5, 5.41) is 10.5. The van der Waals surface area contributed by atoms with Crippen LogP contribution in [0.4, 0.5) is 0 Å². The van der Waals surface area contributed by atoms with Gasteiger partial charge in [-0.25, -0.2) is 0 Å². The van der Waals surface area contributed by atoms with Gasteiger partial charge in [0.05, 0.1) is 18.8 Å². The van der Waals surface area contributed by atoms with Crippen molar-refractivity contribution in [2.24, 2.45) is 0 Å². The maximum Gasteiger partial charge on any atom is 0.125 e. The van der Waals surface area contributed by atoms with E-state index in [0.29, 0.717) is 19.3 Å². The molecule has 2 rings (SSSR count). The molecule has 112 valence electrons. The molecule has 0 aliphatic carbocycles. The first kappa shape index (κ1) is 15.3. The van der Waals surface area contributed by atoms with Gasteiger partial charge in [0, 0.05) is 32.3 Å². The van der Waals surface area contributed by atoms with Crippen molar-refractivity contribution in [3.8, 4) is 5.75 Å². The summed E-state index contributed by atoms with van der Waals surface area (Å²) in [4.78, 5) is 2.29. The summed E-state index contributed by atoms with van der Waals surface area (Å²) in [5.41, 5.74) is 0.878. The lowest BCUT2D eigenvalue weighted by atomic mass is 10.0. The number of benzene rings is 1. The molecule has 1 aliphatic heterocycles. The van der Waals surface area contributed by atoms with Gasteiger partial charge in [-0.2, -0.15) is 0 Å². The number of ether oxygens (including phenoxy) is 2. The van der Waals surface area contributed by atoms with Crippen LogP contribution in [0.3, 0.4) is 0 Å². The van der Waals surface area contributed by atoms with Gasteiger partial charge in [0.25, 0.3) is 0 Å². The number of aliphatic hydroxyl groups excluding tert-OH is 1. The van der Waals surface area contributed by atoms with Crippen molar-refractivity contribution in [3.63, 3.8) is 0 Å². The molecule has 1 N–H and O–H groups in total. The third kappa shape index (κ3) is 3.95. The summed E-state index contributed by atoms with van der Waals surface area (Å²) >= 11 is 0. The molecule has 1 aliphatic rings. The summed E-state index contributed by atoms with van der Waals surface area (Å²) in [6.45, 7) is 5.18. The fraction of sp³-hybridized carbons (Fsp3) is 0.625. The second kappa shape index (κ2) is 7.62. The van der Waals surface area contributed by atoms with E-state index in [2.05, 4.69) is 4.90 Å². The molecule has 1 unspecified atom stereocenters. The van der Waals surface area contributed by atoms with Crippen LogP contribution in [0.2, 0.25) is 0 Å². The van der Waals surface area contributed by atoms with Gasteiger partial charge in [-0.05, 0) is 25.8 Å². The van der Waals surface area contributed by atoms with Crippen LogP contribution in [0, 0.1) is 0 Å². The zero-order chi connectivity index (χ0) is 14.4. The van der Waals surface area contributed by atoms with Crippen molar-refractivity contribution in [1.82, 2.24) is 4.90 Å². The van der Waals surface area contributed by atoms with E-state index in [9.17, 15) is 5.11 Å². The molecular weight excluding hydrogens is 254 g/mol. The molecule has 0 radical (unpaired) electrons. The van der Waals surface area contributed by atoms with Gasteiger partial charge in [0.1, 0.15) is 5.75 Å². The SMILES string of the molecule is CCOc1ccccc1C(O)CN1CCC(OC)CC1. The van der Waals surface area contributed by atoms with Gasteiger partial charge in [0.2, 0.25) is 0 Å². The number of aliphatic hydroxyl groups is 1. The first-order valence-electron chi connectivity index (χ1n) is 7.39. The Hall–Kier alpha value is -1.10. The van der Waals surface area contributed by atoms with Crippen LogP contribution in [-0.4, -0.2) is 49.5 Å². The fourth-order valence-electron chi connectivity index (χ4n) is 2.71. The molecule has 0 spiro atoms. The standard InChI is InChI=1S/C16H25NO3/c1-3-20-16-7-5-4-6-14(16)15(18)12-17-10-8-13(19-2)9-11-17/h4-7,13,15,18H,3,8-12H2,1-2H3. The van der Waals surface area contributed by atoms with Gasteiger partial charge in [-0.1, -0.05) is 18.2 Å². The largest absolute Gasteiger partial charge is 0.493 e. The fourth-order valence-corrected chi connectivity index (χ4v) is 2.71. The summed E-state index contributed by atoms with van der Waals surface area (Å²) in [7, 11) is 1.77. The predicted molar refractivity (Wildman–Crippen MR) is 79.0 cm³/mol. The molecule has 4 heteroatoms. The Labute approximate surface area is 121 Å². The third-order valence-corrected chi connectivity index (χ3v) is 3.88. The van der Waals surface area contributed by atoms with Crippen LogP contribution in [0.15, 0.2) is 24.3 Å². The maximum atomic E-state index is 10.5. The van der Waals surface area contributed by atoms with Crippen molar-refractivity contribution in [2.45, 2.75) is 32.0 Å². The maximum absolute atomic E-state index is 10.5. The van der Waals surface area contributed by atoms with E-state index in [0.717, 1.165) is 37.2 Å². The number of nitrogens with zero attached hydrogens (tertiary/aromatic N) is 1. The summed E-state index contributed by atoms with van der Waals surface area (Å²) < 4.78 is 11.0. The van der Waals surface area contributed by atoms with Crippen molar-refractivity contribution in [1.29, 1.82) is 0 Å². The molecular formula is C16H25NO3. The Balaban J connectivity index is 1.93. The van der Waals surface area contributed by atoms with E-state index in [1.54, 1.807) is 7.11 Å². The summed E-state index contributed by atoms with van der Waals surface area (Å²) in [5.74, 6) is 0.786. The minimum absolute atomic E-state index is 0.374. The predicted octanol–water partition coefficient (Wildman–Crippen LogP) is 2.23. The number of β-amino-alcohol motifs (C(OH)–C–C–N with tert-alkyl or cyclic N) is 1. The van der Waals surface area contributed by atoms with Crippen LogP contribution in [0.25, 0.3) is 0 Å². The lowest BCUT2D eigenvalue weighted by Crippen LogP contribution is -2.39. The number of methoxy groups -OCH3 is 1. The molecule has 1 saturated heterocycles. The highest BCUT2D eigenvalue weighted by Gasteiger charge is 2.22. The van der Waals surface area contributed by atoms with E-state index in [-0.39, 0.29) is 0 Å². The second-order valence-corrected chi connectivity index (χ2v) is 5.22. The monoisotopic (exact) mass is 279 g/mol. The molecule has 1 fully saturated rings. The number of hydrogen-bond donors (Lipinski definition) is 1. The van der Waals surface area contributed by atoms with Crippen LogP contribution in [-0.2, 0) is 4.74 Å². The van der Waals surface area contributed by atoms with E-state index >= 15 is 0 Å². The number of hydrogen-bond acceptors (Lipinski definition) is 4. The zero-order valence-electron chi connectivity index (χ0n) is 12.4. The van der Waals surface area contributed by atoms with Gasteiger partial charge < -0.3 is 19.5 Å². The molecule has 1 aromatic rings. The van der Waals surface area contributed by atoms with E-state index < -0.39 is 6.10 Å². The molecule has 0 saturated carbocycles. The van der Waals surface area contributed by atoms with Crippen molar-refractivity contribution >= 4 is 0 Å². The third-order valence-electron chi connectivity index (χ3n) is 3.88. The van der Waals surface area contributed by atoms with Crippen LogP contribution < -0.4 is 4.74 Å². The highest BCUT2D eigenvalue weighted by atomic mass is 16.5. The molecule has 0 bridgehead atoms. The smallest absolute Gasteiger partial charge is 0.125 e. The van der Waals surface area contributed by atoms with E-state index in [4.69, 9.17) is 9.47 Å². The lowest BCUT2D eigenvalue weighted by molar-refractivity contribution is 0.0238. The molecule has 20 heavy (non-hydrogen) atoms. The Morgan fingerprint density at radius 3 is 2.65 bits per heavy atom. The Bertz CT molecular complexity index is 402. The topological polar surface area (TPSA) is 41.9 Å². The average Bonchev–Trinajstić information content (AvgIpc) is 2.49. The highest BCUT2D eigenvalue weighted by Crippen LogP contribution is 2.26. The molecule has 1 heterocycles. The first-order chi connectivity index (χ1) is 9.74. The molecule has 0 amide bonds. The number of piperidine rings is 1. The summed E-state index contributed by atoms with van der Waals surface area (Å²) in [6, 6.07) is 7.74. The quantitative estimate of drug-likeness (QED) is 0.867. The molecule has 1 aromatic carbocycles. The second-order valence-electron chi connectivity index (χ2n) is 5.22. The zero-order valence-corrected chi connectivity index (χ0v) is 12.4. The Morgan fingerprint density at radius 2 is 2.00 bits per heavy atom. The van der Waals surface area contributed by atoms with Crippen LogP contribution in [0.1, 0.15) is 31.4 Å². The molecule has 4 nitrogen and oxygen atoms in total. The van der Waals surface area contributed by atoms with Crippen LogP contribution >= 0.6 is 0 Å². The number of para-hydroxylation sites is 1. The average molecular weight is 279 g/mol.